The van der Waals surface area contributed by atoms with Gasteiger partial charge in [0.2, 0.25) is 0 Å². The van der Waals surface area contributed by atoms with Gasteiger partial charge < -0.3 is 5.73 Å². The van der Waals surface area contributed by atoms with Gasteiger partial charge >= 0.3 is 0 Å². The normalized spacial score (nSPS) is 23.7. The maximum Gasteiger partial charge on any atom is 0.0480 e. The number of halogens is 1. The molecule has 0 radical (unpaired) electrons. The Morgan fingerprint density at radius 1 is 1.44 bits per heavy atom. The van der Waals surface area contributed by atoms with E-state index in [1.807, 2.05) is 6.07 Å². The first-order chi connectivity index (χ1) is 7.65. The maximum atomic E-state index is 6.21. The largest absolute Gasteiger partial charge is 0.327 e. The summed E-state index contributed by atoms with van der Waals surface area (Å²) in [5, 5.41) is 0.839. The first kappa shape index (κ1) is 11.7. The van der Waals surface area contributed by atoms with Crippen molar-refractivity contribution >= 4 is 17.7 Å². The molecule has 0 bridgehead atoms. The molecule has 1 nitrogen and oxygen atoms in total. The van der Waals surface area contributed by atoms with Gasteiger partial charge in [0.05, 0.1) is 0 Å². The summed E-state index contributed by atoms with van der Waals surface area (Å²) in [5.41, 5.74) is 9.72. The zero-order valence-corrected chi connectivity index (χ0v) is 10.4. The lowest BCUT2D eigenvalue weighted by molar-refractivity contribution is 0.520. The van der Waals surface area contributed by atoms with Crippen LogP contribution in [0.1, 0.15) is 36.8 Å². The van der Waals surface area contributed by atoms with Crippen molar-refractivity contribution in [3.8, 4) is 0 Å². The van der Waals surface area contributed by atoms with Crippen LogP contribution in [-0.4, -0.2) is 6.04 Å². The van der Waals surface area contributed by atoms with Crippen molar-refractivity contribution in [3.05, 3.63) is 39.9 Å². The van der Waals surface area contributed by atoms with E-state index in [1.54, 1.807) is 0 Å². The first-order valence-corrected chi connectivity index (χ1v) is 6.24. The molecule has 0 saturated heterocycles. The summed E-state index contributed by atoms with van der Waals surface area (Å²) in [6.45, 7) is 2.05. The minimum atomic E-state index is 0.337. The Morgan fingerprint density at radius 2 is 2.25 bits per heavy atom. The number of rotatable bonds is 1. The fourth-order valence-corrected chi connectivity index (χ4v) is 2.52. The lowest BCUT2D eigenvalue weighted by atomic mass is 9.90. The number of hydrogen-bond acceptors (Lipinski definition) is 1. The summed E-state index contributed by atoms with van der Waals surface area (Å²) in [7, 11) is 0. The van der Waals surface area contributed by atoms with E-state index in [0.717, 1.165) is 29.8 Å². The molecule has 0 heterocycles. The monoisotopic (exact) mass is 235 g/mol. The highest BCUT2D eigenvalue weighted by molar-refractivity contribution is 6.32. The Balaban J connectivity index is 2.21. The van der Waals surface area contributed by atoms with E-state index >= 15 is 0 Å². The van der Waals surface area contributed by atoms with E-state index in [2.05, 4.69) is 25.1 Å². The third kappa shape index (κ3) is 2.87. The van der Waals surface area contributed by atoms with Crippen LogP contribution in [0.2, 0.25) is 5.02 Å². The highest BCUT2D eigenvalue weighted by Gasteiger charge is 2.13. The third-order valence-electron chi connectivity index (χ3n) is 3.11. The number of benzene rings is 1. The van der Waals surface area contributed by atoms with Crippen LogP contribution >= 0.6 is 11.6 Å². The van der Waals surface area contributed by atoms with Crippen LogP contribution in [0.15, 0.2) is 23.8 Å². The van der Waals surface area contributed by atoms with E-state index in [-0.39, 0.29) is 0 Å². The first-order valence-electron chi connectivity index (χ1n) is 5.86. The lowest BCUT2D eigenvalue weighted by Gasteiger charge is -2.20. The van der Waals surface area contributed by atoms with Crippen molar-refractivity contribution in [2.75, 3.05) is 0 Å². The summed E-state index contributed by atoms with van der Waals surface area (Å²) in [4.78, 5) is 0. The second kappa shape index (κ2) is 5.03. The van der Waals surface area contributed by atoms with Crippen molar-refractivity contribution in [1.82, 2.24) is 0 Å². The van der Waals surface area contributed by atoms with Gasteiger partial charge in [0, 0.05) is 11.1 Å². The minimum absolute atomic E-state index is 0.337. The summed E-state index contributed by atoms with van der Waals surface area (Å²) in [5.74, 6) is 0. The molecule has 1 atom stereocenters. The van der Waals surface area contributed by atoms with E-state index < -0.39 is 0 Å². The molecule has 0 amide bonds. The zero-order chi connectivity index (χ0) is 11.5. The van der Waals surface area contributed by atoms with Gasteiger partial charge in [-0.05, 0) is 49.8 Å². The molecule has 1 aromatic carbocycles. The van der Waals surface area contributed by atoms with E-state index in [0.29, 0.717) is 6.04 Å². The standard InChI is InChI=1S/C14H18ClN/c1-10-5-6-12(14(15)7-10)8-11-3-2-4-13(16)9-11/h5-8,13H,2-4,9,16H2,1H3/b11-8-. The zero-order valence-electron chi connectivity index (χ0n) is 9.67. The molecule has 2 heteroatoms. The summed E-state index contributed by atoms with van der Waals surface area (Å²) >= 11 is 6.21. The smallest absolute Gasteiger partial charge is 0.0480 e. The molecule has 1 aliphatic carbocycles. The Kier molecular flexibility index (Phi) is 3.67. The molecule has 0 spiro atoms. The van der Waals surface area contributed by atoms with Crippen LogP contribution in [-0.2, 0) is 0 Å². The predicted octanol–water partition coefficient (Wildman–Crippen LogP) is 3.93. The van der Waals surface area contributed by atoms with E-state index in [4.69, 9.17) is 17.3 Å². The molecule has 1 aliphatic rings. The van der Waals surface area contributed by atoms with Gasteiger partial charge in [0.1, 0.15) is 0 Å². The number of aryl methyl sites for hydroxylation is 1. The summed E-state index contributed by atoms with van der Waals surface area (Å²) in [6, 6.07) is 6.53. The SMILES string of the molecule is Cc1ccc(/C=C2/CCCC(N)C2)c(Cl)c1. The topological polar surface area (TPSA) is 26.0 Å². The minimum Gasteiger partial charge on any atom is -0.327 e. The van der Waals surface area contributed by atoms with Gasteiger partial charge in [-0.1, -0.05) is 35.4 Å². The highest BCUT2D eigenvalue weighted by atomic mass is 35.5. The van der Waals surface area contributed by atoms with Crippen molar-refractivity contribution < 1.29 is 0 Å². The Labute approximate surface area is 102 Å². The van der Waals surface area contributed by atoms with Crippen molar-refractivity contribution in [3.63, 3.8) is 0 Å². The van der Waals surface area contributed by atoms with Crippen molar-refractivity contribution in [2.24, 2.45) is 5.73 Å². The highest BCUT2D eigenvalue weighted by Crippen LogP contribution is 2.27. The number of nitrogens with two attached hydrogens (primary N) is 1. The number of hydrogen-bond donors (Lipinski definition) is 1. The molecule has 1 aromatic rings. The van der Waals surface area contributed by atoms with Crippen LogP contribution in [0.5, 0.6) is 0 Å². The summed E-state index contributed by atoms with van der Waals surface area (Å²) in [6.07, 6.45) is 6.75. The fourth-order valence-electron chi connectivity index (χ4n) is 2.23. The van der Waals surface area contributed by atoms with E-state index in [9.17, 15) is 0 Å². The van der Waals surface area contributed by atoms with E-state index in [1.165, 1.54) is 17.6 Å². The van der Waals surface area contributed by atoms with Gasteiger partial charge in [0.15, 0.2) is 0 Å². The second-order valence-electron chi connectivity index (χ2n) is 4.68. The second-order valence-corrected chi connectivity index (χ2v) is 5.09. The van der Waals surface area contributed by atoms with Gasteiger partial charge in [0.25, 0.3) is 0 Å². The average Bonchev–Trinajstić information content (AvgIpc) is 2.22. The Hall–Kier alpha value is -0.790. The maximum absolute atomic E-state index is 6.21. The van der Waals surface area contributed by atoms with Crippen LogP contribution in [0.3, 0.4) is 0 Å². The fraction of sp³-hybridized carbons (Fsp3) is 0.429. The van der Waals surface area contributed by atoms with Crippen LogP contribution < -0.4 is 5.73 Å². The van der Waals surface area contributed by atoms with Crippen molar-refractivity contribution in [1.29, 1.82) is 0 Å². The quantitative estimate of drug-likeness (QED) is 0.784. The van der Waals surface area contributed by atoms with Gasteiger partial charge in [-0.15, -0.1) is 0 Å². The van der Waals surface area contributed by atoms with Crippen LogP contribution in [0, 0.1) is 6.92 Å². The van der Waals surface area contributed by atoms with Gasteiger partial charge in [-0.25, -0.2) is 0 Å². The molecule has 86 valence electrons. The molecule has 16 heavy (non-hydrogen) atoms. The lowest BCUT2D eigenvalue weighted by Crippen LogP contribution is -2.23. The molecule has 1 saturated carbocycles. The third-order valence-corrected chi connectivity index (χ3v) is 3.44. The molecule has 0 aliphatic heterocycles. The van der Waals surface area contributed by atoms with Crippen LogP contribution in [0.4, 0.5) is 0 Å². The average molecular weight is 236 g/mol. The van der Waals surface area contributed by atoms with Gasteiger partial charge in [-0.3, -0.25) is 0 Å². The molecular weight excluding hydrogens is 218 g/mol. The van der Waals surface area contributed by atoms with Gasteiger partial charge in [-0.2, -0.15) is 0 Å². The molecular formula is C14H18ClN. The summed E-state index contributed by atoms with van der Waals surface area (Å²) < 4.78 is 0. The molecule has 1 fully saturated rings. The molecule has 2 N–H and O–H groups in total. The molecule has 2 rings (SSSR count). The van der Waals surface area contributed by atoms with Crippen LogP contribution in [0.25, 0.3) is 6.08 Å². The predicted molar refractivity (Wildman–Crippen MR) is 70.6 cm³/mol. The Bertz CT molecular complexity index is 409. The van der Waals surface area contributed by atoms with Crippen molar-refractivity contribution in [2.45, 2.75) is 38.6 Å². The molecule has 1 unspecified atom stereocenters. The molecule has 0 aromatic heterocycles. The Morgan fingerprint density at radius 3 is 2.94 bits per heavy atom.